The minimum absolute atomic E-state index is 0.297. The molecule has 4 rings (SSSR count). The van der Waals surface area contributed by atoms with Gasteiger partial charge in [0.15, 0.2) is 0 Å². The Morgan fingerprint density at radius 1 is 1.03 bits per heavy atom. The number of morpholine rings is 1. The second-order valence-electron chi connectivity index (χ2n) is 9.04. The molecule has 2 aromatic rings. The summed E-state index contributed by atoms with van der Waals surface area (Å²) in [4.78, 5) is 19.8. The molecular weight excluding hydrogens is 433 g/mol. The average Bonchev–Trinajstić information content (AvgIpc) is 2.86. The second-order valence-corrected chi connectivity index (χ2v) is 9.04. The molecule has 2 N–H and O–H groups in total. The van der Waals surface area contributed by atoms with Crippen molar-refractivity contribution in [2.45, 2.75) is 26.8 Å². The van der Waals surface area contributed by atoms with E-state index in [1.807, 2.05) is 32.0 Å². The Balaban J connectivity index is 1.41. The van der Waals surface area contributed by atoms with E-state index >= 15 is 0 Å². The maximum atomic E-state index is 14.2. The first-order valence-corrected chi connectivity index (χ1v) is 12.2. The number of likely N-dealkylation sites (N-methyl/N-ethyl adjacent to an activating group) is 1. The van der Waals surface area contributed by atoms with Gasteiger partial charge in [0.2, 0.25) is 0 Å². The summed E-state index contributed by atoms with van der Waals surface area (Å²) in [6.07, 6.45) is 0. The molecule has 0 aromatic heterocycles. The summed E-state index contributed by atoms with van der Waals surface area (Å²) >= 11 is 0. The number of ether oxygens (including phenoxy) is 1. The molecule has 7 nitrogen and oxygen atoms in total. The first kappa shape index (κ1) is 24.3. The van der Waals surface area contributed by atoms with Crippen molar-refractivity contribution in [3.8, 4) is 0 Å². The normalized spacial score (nSPS) is 18.0. The standard InChI is InChI=1S/C26H36FN5O2/c1-4-30-9-11-32(12-10-30)25-8-5-21(27)18-23(25)20(3)28-26(33)29-24-7-6-22(17-19(24)2)31-13-15-34-16-14-31/h5-8,17-18,20H,4,9-16H2,1-3H3,(H2,28,29,33)/t20-/m0/s1. The van der Waals surface area contributed by atoms with Gasteiger partial charge in [-0.1, -0.05) is 6.92 Å². The summed E-state index contributed by atoms with van der Waals surface area (Å²) in [7, 11) is 0. The number of urea groups is 1. The summed E-state index contributed by atoms with van der Waals surface area (Å²) in [6, 6.07) is 10.3. The third-order valence-electron chi connectivity index (χ3n) is 6.80. The second kappa shape index (κ2) is 11.1. The number of rotatable bonds is 6. The fraction of sp³-hybridized carbons (Fsp3) is 0.500. The number of halogens is 1. The monoisotopic (exact) mass is 469 g/mol. The number of benzene rings is 2. The molecule has 0 radical (unpaired) electrons. The molecule has 1 atom stereocenters. The molecule has 184 valence electrons. The minimum Gasteiger partial charge on any atom is -0.378 e. The first-order valence-electron chi connectivity index (χ1n) is 12.2. The number of nitrogens with one attached hydrogen (secondary N) is 2. The molecule has 2 heterocycles. The van der Waals surface area contributed by atoms with Crippen LogP contribution in [0.4, 0.5) is 26.2 Å². The van der Waals surface area contributed by atoms with Gasteiger partial charge >= 0.3 is 6.03 Å². The first-order chi connectivity index (χ1) is 16.4. The Hall–Kier alpha value is -2.84. The molecule has 2 aromatic carbocycles. The van der Waals surface area contributed by atoms with Gasteiger partial charge in [0, 0.05) is 61.9 Å². The van der Waals surface area contributed by atoms with E-state index in [9.17, 15) is 9.18 Å². The van der Waals surface area contributed by atoms with Crippen molar-refractivity contribution in [1.82, 2.24) is 10.2 Å². The number of carbonyl (C=O) groups is 1. The van der Waals surface area contributed by atoms with Crippen molar-refractivity contribution in [2.24, 2.45) is 0 Å². The van der Waals surface area contributed by atoms with E-state index in [1.54, 1.807) is 0 Å². The Morgan fingerprint density at radius 2 is 1.76 bits per heavy atom. The van der Waals surface area contributed by atoms with Crippen molar-refractivity contribution in [1.29, 1.82) is 0 Å². The lowest BCUT2D eigenvalue weighted by Crippen LogP contribution is -2.46. The van der Waals surface area contributed by atoms with Gasteiger partial charge in [-0.25, -0.2) is 9.18 Å². The number of nitrogens with zero attached hydrogens (tertiary/aromatic N) is 3. The summed E-state index contributed by atoms with van der Waals surface area (Å²) in [5.74, 6) is -0.297. The fourth-order valence-corrected chi connectivity index (χ4v) is 4.70. The van der Waals surface area contributed by atoms with Gasteiger partial charge in [-0.2, -0.15) is 0 Å². The molecule has 2 saturated heterocycles. The van der Waals surface area contributed by atoms with E-state index < -0.39 is 0 Å². The number of piperazine rings is 1. The van der Waals surface area contributed by atoms with Crippen LogP contribution in [-0.4, -0.2) is 70.0 Å². The van der Waals surface area contributed by atoms with E-state index in [-0.39, 0.29) is 17.9 Å². The summed E-state index contributed by atoms with van der Waals surface area (Å²) < 4.78 is 19.6. The highest BCUT2D eigenvalue weighted by atomic mass is 19.1. The highest BCUT2D eigenvalue weighted by Crippen LogP contribution is 2.29. The quantitative estimate of drug-likeness (QED) is 0.670. The van der Waals surface area contributed by atoms with Crippen LogP contribution >= 0.6 is 0 Å². The van der Waals surface area contributed by atoms with Gasteiger partial charge in [-0.15, -0.1) is 0 Å². The van der Waals surface area contributed by atoms with E-state index in [0.717, 1.165) is 87.2 Å². The summed E-state index contributed by atoms with van der Waals surface area (Å²) in [6.45, 7) is 14.0. The van der Waals surface area contributed by atoms with Crippen LogP contribution < -0.4 is 20.4 Å². The van der Waals surface area contributed by atoms with Crippen LogP contribution in [0.3, 0.4) is 0 Å². The number of aryl methyl sites for hydroxylation is 1. The molecule has 0 aliphatic carbocycles. The van der Waals surface area contributed by atoms with Crippen molar-refractivity contribution >= 4 is 23.1 Å². The molecule has 34 heavy (non-hydrogen) atoms. The summed E-state index contributed by atoms with van der Waals surface area (Å²) in [5.41, 5.74) is 4.66. The molecule has 2 fully saturated rings. The minimum atomic E-state index is -0.345. The number of hydrogen-bond donors (Lipinski definition) is 2. The number of carbonyl (C=O) groups excluding carboxylic acids is 1. The van der Waals surface area contributed by atoms with Gasteiger partial charge in [-0.3, -0.25) is 0 Å². The lowest BCUT2D eigenvalue weighted by molar-refractivity contribution is 0.122. The number of anilines is 3. The third kappa shape index (κ3) is 5.80. The predicted molar refractivity (Wildman–Crippen MR) is 136 cm³/mol. The lowest BCUT2D eigenvalue weighted by atomic mass is 10.0. The molecule has 8 heteroatoms. The SMILES string of the molecule is CCN1CCN(c2ccc(F)cc2[C@H](C)NC(=O)Nc2ccc(N3CCOCC3)cc2C)CC1. The topological polar surface area (TPSA) is 60.1 Å². The van der Waals surface area contributed by atoms with Gasteiger partial charge in [-0.05, 0) is 62.4 Å². The van der Waals surface area contributed by atoms with Crippen molar-refractivity contribution in [3.63, 3.8) is 0 Å². The molecule has 2 amide bonds. The molecule has 0 saturated carbocycles. The van der Waals surface area contributed by atoms with Crippen LogP contribution in [0.1, 0.15) is 31.0 Å². The van der Waals surface area contributed by atoms with Crippen molar-refractivity contribution in [3.05, 3.63) is 53.3 Å². The van der Waals surface area contributed by atoms with Gasteiger partial charge in [0.25, 0.3) is 0 Å². The van der Waals surface area contributed by atoms with Crippen LogP contribution in [-0.2, 0) is 4.74 Å². The van der Waals surface area contributed by atoms with Crippen LogP contribution in [0, 0.1) is 12.7 Å². The van der Waals surface area contributed by atoms with E-state index in [0.29, 0.717) is 0 Å². The zero-order valence-corrected chi connectivity index (χ0v) is 20.4. The number of hydrogen-bond acceptors (Lipinski definition) is 5. The molecule has 2 aliphatic heterocycles. The van der Waals surface area contributed by atoms with Crippen LogP contribution in [0.5, 0.6) is 0 Å². The largest absolute Gasteiger partial charge is 0.378 e. The molecular formula is C26H36FN5O2. The van der Waals surface area contributed by atoms with E-state index in [4.69, 9.17) is 4.74 Å². The average molecular weight is 470 g/mol. The Labute approximate surface area is 201 Å². The highest BCUT2D eigenvalue weighted by Gasteiger charge is 2.22. The molecule has 0 unspecified atom stereocenters. The van der Waals surface area contributed by atoms with Crippen molar-refractivity contribution < 1.29 is 13.9 Å². The maximum Gasteiger partial charge on any atom is 0.319 e. The Bertz CT molecular complexity index is 987. The zero-order chi connectivity index (χ0) is 24.1. The van der Waals surface area contributed by atoms with E-state index in [1.165, 1.54) is 12.1 Å². The van der Waals surface area contributed by atoms with Crippen LogP contribution in [0.2, 0.25) is 0 Å². The number of amides is 2. The molecule has 2 aliphatic rings. The highest BCUT2D eigenvalue weighted by molar-refractivity contribution is 5.90. The fourth-order valence-electron chi connectivity index (χ4n) is 4.70. The van der Waals surface area contributed by atoms with E-state index in [2.05, 4.69) is 38.3 Å². The predicted octanol–water partition coefficient (Wildman–Crippen LogP) is 4.00. The van der Waals surface area contributed by atoms with Gasteiger partial charge in [0.05, 0.1) is 19.3 Å². The lowest BCUT2D eigenvalue weighted by Gasteiger charge is -2.37. The molecule has 0 bridgehead atoms. The third-order valence-corrected chi connectivity index (χ3v) is 6.80. The zero-order valence-electron chi connectivity index (χ0n) is 20.4. The van der Waals surface area contributed by atoms with Gasteiger partial charge < -0.3 is 30.1 Å². The van der Waals surface area contributed by atoms with Crippen molar-refractivity contribution in [2.75, 3.05) is 74.1 Å². The molecule has 0 spiro atoms. The Kier molecular flexibility index (Phi) is 7.90. The Morgan fingerprint density at radius 3 is 2.44 bits per heavy atom. The summed E-state index contributed by atoms with van der Waals surface area (Å²) in [5, 5.41) is 5.96. The van der Waals surface area contributed by atoms with Crippen LogP contribution in [0.25, 0.3) is 0 Å². The maximum absolute atomic E-state index is 14.2. The smallest absolute Gasteiger partial charge is 0.319 e. The van der Waals surface area contributed by atoms with Gasteiger partial charge in [0.1, 0.15) is 5.82 Å². The van der Waals surface area contributed by atoms with Crippen LogP contribution in [0.15, 0.2) is 36.4 Å².